The molecule has 1 amide bonds. The molecule has 1 aliphatic rings. The molecular formula is C28H28N2O5. The molecule has 1 unspecified atom stereocenters. The van der Waals surface area contributed by atoms with Crippen LogP contribution in [-0.2, 0) is 9.59 Å². The minimum Gasteiger partial charge on any atom is -0.507 e. The summed E-state index contributed by atoms with van der Waals surface area (Å²) in [5.41, 5.74) is 3.10. The number of aliphatic hydroxyl groups excluding tert-OH is 1. The SMILES string of the molecule is COc1cc(C)c(/C(O)=C2\C(=O)C(=O)N(c3ccccc3OC)C2c2cccnc2)cc1C(C)C. The number of carbonyl (C=O) groups is 2. The van der Waals surface area contributed by atoms with Crippen LogP contribution in [0, 0.1) is 6.92 Å². The summed E-state index contributed by atoms with van der Waals surface area (Å²) in [5, 5.41) is 11.6. The fourth-order valence-electron chi connectivity index (χ4n) is 4.49. The van der Waals surface area contributed by atoms with Gasteiger partial charge in [0.05, 0.1) is 31.5 Å². The third-order valence-electron chi connectivity index (χ3n) is 6.24. The lowest BCUT2D eigenvalue weighted by Gasteiger charge is -2.26. The molecule has 4 rings (SSSR count). The number of methoxy groups -OCH3 is 2. The molecule has 1 fully saturated rings. The Labute approximate surface area is 204 Å². The number of aliphatic hydroxyl groups is 1. The zero-order valence-electron chi connectivity index (χ0n) is 20.4. The standard InChI is InChI=1S/C28H28N2O5/c1-16(2)19-14-20(17(3)13-23(19)35-5)26(31)24-25(18-9-8-12-29-15-18)30(28(33)27(24)32)21-10-6-7-11-22(21)34-4/h6-16,25,31H,1-5H3/b26-24+. The zero-order valence-corrected chi connectivity index (χ0v) is 20.4. The van der Waals surface area contributed by atoms with Gasteiger partial charge in [0.2, 0.25) is 0 Å². The first-order chi connectivity index (χ1) is 16.8. The lowest BCUT2D eigenvalue weighted by atomic mass is 9.91. The molecule has 1 saturated heterocycles. The van der Waals surface area contributed by atoms with Crippen LogP contribution < -0.4 is 14.4 Å². The van der Waals surface area contributed by atoms with Crippen molar-refractivity contribution in [1.82, 2.24) is 4.98 Å². The molecule has 0 bridgehead atoms. The highest BCUT2D eigenvalue weighted by atomic mass is 16.5. The lowest BCUT2D eigenvalue weighted by molar-refractivity contribution is -0.132. The highest BCUT2D eigenvalue weighted by Gasteiger charge is 2.48. The number of benzene rings is 2. The normalized spacial score (nSPS) is 17.2. The molecule has 1 aromatic heterocycles. The molecule has 0 spiro atoms. The molecule has 1 aliphatic heterocycles. The van der Waals surface area contributed by atoms with Gasteiger partial charge in [-0.1, -0.05) is 32.0 Å². The van der Waals surface area contributed by atoms with Crippen LogP contribution in [0.2, 0.25) is 0 Å². The summed E-state index contributed by atoms with van der Waals surface area (Å²) in [6, 6.07) is 13.3. The van der Waals surface area contributed by atoms with Gasteiger partial charge < -0.3 is 14.6 Å². The first-order valence-electron chi connectivity index (χ1n) is 11.3. The summed E-state index contributed by atoms with van der Waals surface area (Å²) in [6.45, 7) is 5.87. The lowest BCUT2D eigenvalue weighted by Crippen LogP contribution is -2.29. The summed E-state index contributed by atoms with van der Waals surface area (Å²) < 4.78 is 11.0. The van der Waals surface area contributed by atoms with Crippen molar-refractivity contribution in [2.75, 3.05) is 19.1 Å². The molecule has 0 saturated carbocycles. The van der Waals surface area contributed by atoms with Gasteiger partial charge >= 0.3 is 0 Å². The maximum absolute atomic E-state index is 13.4. The Balaban J connectivity index is 2.00. The van der Waals surface area contributed by atoms with E-state index in [1.54, 1.807) is 55.9 Å². The first kappa shape index (κ1) is 24.0. The summed E-state index contributed by atoms with van der Waals surface area (Å²) in [5.74, 6) is -0.513. The maximum atomic E-state index is 13.4. The maximum Gasteiger partial charge on any atom is 0.300 e. The minimum atomic E-state index is -0.885. The molecule has 2 aromatic carbocycles. The van der Waals surface area contributed by atoms with Crippen molar-refractivity contribution >= 4 is 23.1 Å². The number of ether oxygens (including phenoxy) is 2. The number of para-hydroxylation sites is 2. The fourth-order valence-corrected chi connectivity index (χ4v) is 4.49. The van der Waals surface area contributed by atoms with Crippen molar-refractivity contribution in [1.29, 1.82) is 0 Å². The molecule has 3 aromatic rings. The van der Waals surface area contributed by atoms with Crippen molar-refractivity contribution in [2.24, 2.45) is 0 Å². The number of ketones is 1. The van der Waals surface area contributed by atoms with Crippen molar-refractivity contribution in [3.8, 4) is 11.5 Å². The molecule has 1 atom stereocenters. The highest BCUT2D eigenvalue weighted by Crippen LogP contribution is 2.45. The molecule has 1 N–H and O–H groups in total. The molecule has 7 nitrogen and oxygen atoms in total. The van der Waals surface area contributed by atoms with Crippen molar-refractivity contribution in [3.63, 3.8) is 0 Å². The Bertz CT molecular complexity index is 1310. The van der Waals surface area contributed by atoms with Gasteiger partial charge in [-0.3, -0.25) is 19.5 Å². The van der Waals surface area contributed by atoms with E-state index in [4.69, 9.17) is 9.47 Å². The van der Waals surface area contributed by atoms with Crippen LogP contribution in [-0.4, -0.2) is 36.0 Å². The van der Waals surface area contributed by atoms with Gasteiger partial charge in [0.1, 0.15) is 17.3 Å². The van der Waals surface area contributed by atoms with Crippen LogP contribution >= 0.6 is 0 Å². The Morgan fingerprint density at radius 1 is 1.03 bits per heavy atom. The topological polar surface area (TPSA) is 89.0 Å². The van der Waals surface area contributed by atoms with E-state index < -0.39 is 17.7 Å². The van der Waals surface area contributed by atoms with E-state index in [0.717, 1.165) is 11.1 Å². The Kier molecular flexibility index (Phi) is 6.60. The molecule has 2 heterocycles. The Morgan fingerprint density at radius 3 is 2.37 bits per heavy atom. The third-order valence-corrected chi connectivity index (χ3v) is 6.24. The van der Waals surface area contributed by atoms with Gasteiger partial charge in [-0.05, 0) is 59.9 Å². The number of Topliss-reactive ketones (excluding diaryl/α,β-unsaturated/α-hetero) is 1. The van der Waals surface area contributed by atoms with Crippen molar-refractivity contribution in [3.05, 3.63) is 88.8 Å². The van der Waals surface area contributed by atoms with Gasteiger partial charge in [-0.25, -0.2) is 0 Å². The van der Waals surface area contributed by atoms with E-state index in [9.17, 15) is 14.7 Å². The number of carbonyl (C=O) groups excluding carboxylic acids is 2. The van der Waals surface area contributed by atoms with E-state index in [0.29, 0.717) is 28.3 Å². The molecule has 35 heavy (non-hydrogen) atoms. The number of pyridine rings is 1. The fraction of sp³-hybridized carbons (Fsp3) is 0.250. The Morgan fingerprint density at radius 2 is 1.74 bits per heavy atom. The van der Waals surface area contributed by atoms with Crippen molar-refractivity contribution < 1.29 is 24.2 Å². The van der Waals surface area contributed by atoms with E-state index >= 15 is 0 Å². The smallest absolute Gasteiger partial charge is 0.300 e. The van der Waals surface area contributed by atoms with Crippen LogP contribution in [0.1, 0.15) is 48.1 Å². The van der Waals surface area contributed by atoms with Gasteiger partial charge in [-0.2, -0.15) is 0 Å². The van der Waals surface area contributed by atoms with E-state index in [1.165, 1.54) is 12.0 Å². The van der Waals surface area contributed by atoms with Crippen LogP contribution in [0.25, 0.3) is 5.76 Å². The van der Waals surface area contributed by atoms with Gasteiger partial charge in [0, 0.05) is 18.0 Å². The number of hydrogen-bond acceptors (Lipinski definition) is 6. The molecule has 0 radical (unpaired) electrons. The first-order valence-corrected chi connectivity index (χ1v) is 11.3. The average Bonchev–Trinajstić information content (AvgIpc) is 3.13. The molecule has 7 heteroatoms. The number of anilines is 1. The van der Waals surface area contributed by atoms with Gasteiger partial charge in [-0.15, -0.1) is 0 Å². The minimum absolute atomic E-state index is 0.00289. The zero-order chi connectivity index (χ0) is 25.3. The molecular weight excluding hydrogens is 444 g/mol. The van der Waals surface area contributed by atoms with Crippen LogP contribution in [0.15, 0.2) is 66.5 Å². The third kappa shape index (κ3) is 4.14. The Hall–Kier alpha value is -4.13. The van der Waals surface area contributed by atoms with Crippen LogP contribution in [0.5, 0.6) is 11.5 Å². The molecule has 180 valence electrons. The van der Waals surface area contributed by atoms with Crippen LogP contribution in [0.4, 0.5) is 5.69 Å². The van der Waals surface area contributed by atoms with E-state index in [1.807, 2.05) is 32.9 Å². The number of aryl methyl sites for hydroxylation is 1. The van der Waals surface area contributed by atoms with Crippen molar-refractivity contribution in [2.45, 2.75) is 32.7 Å². The number of aromatic nitrogens is 1. The summed E-state index contributed by atoms with van der Waals surface area (Å²) in [6.07, 6.45) is 3.20. The number of rotatable bonds is 6. The predicted octanol–water partition coefficient (Wildman–Crippen LogP) is 5.16. The van der Waals surface area contributed by atoms with Gasteiger partial charge in [0.25, 0.3) is 11.7 Å². The summed E-state index contributed by atoms with van der Waals surface area (Å²) >= 11 is 0. The second-order valence-corrected chi connectivity index (χ2v) is 8.69. The molecule has 0 aliphatic carbocycles. The number of amides is 1. The second kappa shape index (κ2) is 9.62. The largest absolute Gasteiger partial charge is 0.507 e. The van der Waals surface area contributed by atoms with E-state index in [-0.39, 0.29) is 17.3 Å². The number of nitrogens with zero attached hydrogens (tertiary/aromatic N) is 2. The number of hydrogen-bond donors (Lipinski definition) is 1. The summed E-state index contributed by atoms with van der Waals surface area (Å²) in [7, 11) is 3.10. The quantitative estimate of drug-likeness (QED) is 0.303. The average molecular weight is 473 g/mol. The highest BCUT2D eigenvalue weighted by molar-refractivity contribution is 6.52. The summed E-state index contributed by atoms with van der Waals surface area (Å²) in [4.78, 5) is 32.4. The van der Waals surface area contributed by atoms with E-state index in [2.05, 4.69) is 4.98 Å². The predicted molar refractivity (Wildman–Crippen MR) is 134 cm³/mol. The monoisotopic (exact) mass is 472 g/mol. The van der Waals surface area contributed by atoms with Crippen LogP contribution in [0.3, 0.4) is 0 Å². The second-order valence-electron chi connectivity index (χ2n) is 8.69. The van der Waals surface area contributed by atoms with Gasteiger partial charge in [0.15, 0.2) is 0 Å².